The molecular weight excluding hydrogens is 418 g/mol. The molecule has 0 saturated carbocycles. The summed E-state index contributed by atoms with van der Waals surface area (Å²) in [6, 6.07) is 3.70. The lowest BCUT2D eigenvalue weighted by Gasteiger charge is -2.23. The second-order valence-electron chi connectivity index (χ2n) is 8.14. The molecule has 3 aromatic heterocycles. The molecule has 0 aromatic carbocycles. The molecular formula is C25H31N5O3. The van der Waals surface area contributed by atoms with Crippen LogP contribution in [0.15, 0.2) is 30.7 Å². The molecule has 1 atom stereocenters. The van der Waals surface area contributed by atoms with Crippen LogP contribution in [-0.4, -0.2) is 39.4 Å². The number of aromatic nitrogens is 4. The molecule has 33 heavy (non-hydrogen) atoms. The molecule has 0 spiro atoms. The standard InChI is InChI=1S/C25H31N5O3/c1-6-9-10-20-23-22(25(31)30(20)18-14-27-29(7-2)15-18)16(4)11-19(28-23)17-12-21(32-5)24(26-13-17)33-8-3/h11-15,20H,6-10H2,1-5H3. The van der Waals surface area contributed by atoms with E-state index in [0.717, 1.165) is 54.0 Å². The number of amides is 1. The summed E-state index contributed by atoms with van der Waals surface area (Å²) in [7, 11) is 1.60. The molecule has 174 valence electrons. The van der Waals surface area contributed by atoms with Crippen molar-refractivity contribution in [1.29, 1.82) is 0 Å². The summed E-state index contributed by atoms with van der Waals surface area (Å²) in [6.45, 7) is 9.32. The number of hydrogen-bond donors (Lipinski definition) is 0. The molecule has 1 amide bonds. The zero-order chi connectivity index (χ0) is 23.5. The number of hydrogen-bond acceptors (Lipinski definition) is 6. The number of pyridine rings is 2. The summed E-state index contributed by atoms with van der Waals surface area (Å²) in [4.78, 5) is 24.8. The van der Waals surface area contributed by atoms with Crippen LogP contribution in [0.25, 0.3) is 11.3 Å². The molecule has 1 unspecified atom stereocenters. The zero-order valence-corrected chi connectivity index (χ0v) is 20.0. The second kappa shape index (κ2) is 9.60. The number of aryl methyl sites for hydroxylation is 2. The number of anilines is 1. The predicted molar refractivity (Wildman–Crippen MR) is 127 cm³/mol. The van der Waals surface area contributed by atoms with Crippen LogP contribution in [0.3, 0.4) is 0 Å². The number of nitrogens with zero attached hydrogens (tertiary/aromatic N) is 5. The van der Waals surface area contributed by atoms with Gasteiger partial charge in [0, 0.05) is 24.5 Å². The third kappa shape index (κ3) is 4.17. The van der Waals surface area contributed by atoms with Crippen molar-refractivity contribution in [2.24, 2.45) is 0 Å². The van der Waals surface area contributed by atoms with Gasteiger partial charge in [-0.25, -0.2) is 9.97 Å². The topological polar surface area (TPSA) is 82.4 Å². The van der Waals surface area contributed by atoms with Crippen molar-refractivity contribution < 1.29 is 14.3 Å². The van der Waals surface area contributed by atoms with E-state index in [9.17, 15) is 4.79 Å². The van der Waals surface area contributed by atoms with Gasteiger partial charge in [-0.3, -0.25) is 14.4 Å². The van der Waals surface area contributed by atoms with Crippen LogP contribution in [0.4, 0.5) is 5.69 Å². The third-order valence-electron chi connectivity index (χ3n) is 5.97. The van der Waals surface area contributed by atoms with Crippen LogP contribution < -0.4 is 14.4 Å². The minimum Gasteiger partial charge on any atom is -0.491 e. The Morgan fingerprint density at radius 1 is 1.15 bits per heavy atom. The Morgan fingerprint density at radius 3 is 2.64 bits per heavy atom. The molecule has 3 aromatic rings. The average Bonchev–Trinajstić information content (AvgIpc) is 3.40. The largest absolute Gasteiger partial charge is 0.491 e. The van der Waals surface area contributed by atoms with Gasteiger partial charge in [-0.2, -0.15) is 5.10 Å². The van der Waals surface area contributed by atoms with E-state index in [1.165, 1.54) is 0 Å². The summed E-state index contributed by atoms with van der Waals surface area (Å²) in [5.41, 5.74) is 4.81. The fraction of sp³-hybridized carbons (Fsp3) is 0.440. The quantitative estimate of drug-likeness (QED) is 0.459. The Kier molecular flexibility index (Phi) is 6.62. The summed E-state index contributed by atoms with van der Waals surface area (Å²) >= 11 is 0. The van der Waals surface area contributed by atoms with Gasteiger partial charge in [0.05, 0.1) is 48.6 Å². The number of ether oxygens (including phenoxy) is 2. The number of unbranched alkanes of at least 4 members (excludes halogenated alkanes) is 1. The van der Waals surface area contributed by atoms with Crippen molar-refractivity contribution in [2.75, 3.05) is 18.6 Å². The Bertz CT molecular complexity index is 1160. The second-order valence-corrected chi connectivity index (χ2v) is 8.14. The van der Waals surface area contributed by atoms with Crippen molar-refractivity contribution in [3.63, 3.8) is 0 Å². The number of carbonyl (C=O) groups is 1. The van der Waals surface area contributed by atoms with Gasteiger partial charge in [0.1, 0.15) is 0 Å². The van der Waals surface area contributed by atoms with Crippen LogP contribution in [-0.2, 0) is 6.54 Å². The first-order valence-electron chi connectivity index (χ1n) is 11.6. The zero-order valence-electron chi connectivity index (χ0n) is 20.0. The van der Waals surface area contributed by atoms with Crippen molar-refractivity contribution >= 4 is 11.6 Å². The first-order chi connectivity index (χ1) is 16.0. The number of fused-ring (bicyclic) bond motifs is 1. The maximum Gasteiger partial charge on any atom is 0.261 e. The van der Waals surface area contributed by atoms with Crippen molar-refractivity contribution in [2.45, 2.75) is 59.5 Å². The molecule has 0 bridgehead atoms. The average molecular weight is 450 g/mol. The van der Waals surface area contributed by atoms with Crippen molar-refractivity contribution in [3.05, 3.63) is 47.5 Å². The lowest BCUT2D eigenvalue weighted by atomic mass is 10.0. The number of carbonyl (C=O) groups excluding carboxylic acids is 1. The van der Waals surface area contributed by atoms with Crippen molar-refractivity contribution in [3.8, 4) is 22.9 Å². The Labute approximate surface area is 194 Å². The van der Waals surface area contributed by atoms with E-state index in [-0.39, 0.29) is 11.9 Å². The van der Waals surface area contributed by atoms with Crippen LogP contribution in [0.2, 0.25) is 0 Å². The molecule has 0 N–H and O–H groups in total. The fourth-order valence-corrected chi connectivity index (χ4v) is 4.32. The smallest absolute Gasteiger partial charge is 0.261 e. The molecule has 0 fully saturated rings. The Morgan fingerprint density at radius 2 is 1.97 bits per heavy atom. The molecule has 0 aliphatic carbocycles. The Hall–Kier alpha value is -3.42. The molecule has 1 aliphatic heterocycles. The molecule has 8 nitrogen and oxygen atoms in total. The lowest BCUT2D eigenvalue weighted by molar-refractivity contribution is 0.0989. The van der Waals surface area contributed by atoms with E-state index in [1.807, 2.05) is 48.7 Å². The molecule has 8 heteroatoms. The molecule has 0 radical (unpaired) electrons. The van der Waals surface area contributed by atoms with Gasteiger partial charge in [0.15, 0.2) is 5.75 Å². The number of methoxy groups -OCH3 is 1. The highest BCUT2D eigenvalue weighted by Gasteiger charge is 2.40. The third-order valence-corrected chi connectivity index (χ3v) is 5.97. The Balaban J connectivity index is 1.79. The van der Waals surface area contributed by atoms with Gasteiger partial charge in [0.2, 0.25) is 0 Å². The normalized spacial score (nSPS) is 15.1. The van der Waals surface area contributed by atoms with Gasteiger partial charge >= 0.3 is 0 Å². The summed E-state index contributed by atoms with van der Waals surface area (Å²) in [5.74, 6) is 0.999. The minimum atomic E-state index is -0.127. The fourth-order valence-electron chi connectivity index (χ4n) is 4.32. The molecule has 4 heterocycles. The monoisotopic (exact) mass is 449 g/mol. The molecule has 4 rings (SSSR count). The summed E-state index contributed by atoms with van der Waals surface area (Å²) < 4.78 is 12.9. The van der Waals surface area contributed by atoms with Gasteiger partial charge in [-0.05, 0) is 44.9 Å². The van der Waals surface area contributed by atoms with E-state index in [4.69, 9.17) is 14.5 Å². The molecule has 1 aliphatic rings. The maximum atomic E-state index is 13.6. The number of rotatable bonds is 9. The van der Waals surface area contributed by atoms with Gasteiger partial charge in [-0.15, -0.1) is 0 Å². The van der Waals surface area contributed by atoms with Crippen LogP contribution in [0, 0.1) is 6.92 Å². The van der Waals surface area contributed by atoms with Crippen LogP contribution >= 0.6 is 0 Å². The highest BCUT2D eigenvalue weighted by molar-refractivity contribution is 6.11. The lowest BCUT2D eigenvalue weighted by Crippen LogP contribution is -2.27. The highest BCUT2D eigenvalue weighted by atomic mass is 16.5. The van der Waals surface area contributed by atoms with E-state index >= 15 is 0 Å². The van der Waals surface area contributed by atoms with Gasteiger partial charge in [0.25, 0.3) is 11.8 Å². The summed E-state index contributed by atoms with van der Waals surface area (Å²) in [6.07, 6.45) is 8.32. The van der Waals surface area contributed by atoms with E-state index in [1.54, 1.807) is 19.5 Å². The highest BCUT2D eigenvalue weighted by Crippen LogP contribution is 2.42. The predicted octanol–water partition coefficient (Wildman–Crippen LogP) is 4.97. The van der Waals surface area contributed by atoms with E-state index in [0.29, 0.717) is 23.8 Å². The summed E-state index contributed by atoms with van der Waals surface area (Å²) in [5, 5.41) is 4.39. The SMILES string of the molecule is CCCCC1c2nc(-c3cnc(OCC)c(OC)c3)cc(C)c2C(=O)N1c1cnn(CC)c1. The van der Waals surface area contributed by atoms with Crippen LogP contribution in [0.1, 0.15) is 67.7 Å². The first-order valence-corrected chi connectivity index (χ1v) is 11.6. The van der Waals surface area contributed by atoms with E-state index in [2.05, 4.69) is 17.0 Å². The minimum absolute atomic E-state index is 0.0132. The van der Waals surface area contributed by atoms with Crippen LogP contribution in [0.5, 0.6) is 11.6 Å². The first kappa shape index (κ1) is 22.8. The van der Waals surface area contributed by atoms with Gasteiger partial charge < -0.3 is 9.47 Å². The maximum absolute atomic E-state index is 13.6. The van der Waals surface area contributed by atoms with E-state index < -0.39 is 0 Å². The van der Waals surface area contributed by atoms with Gasteiger partial charge in [-0.1, -0.05) is 19.8 Å². The van der Waals surface area contributed by atoms with Crippen molar-refractivity contribution in [1.82, 2.24) is 19.7 Å². The molecule has 0 saturated heterocycles.